The Labute approximate surface area is 140 Å². The second kappa shape index (κ2) is 7.25. The van der Waals surface area contributed by atoms with Crippen molar-refractivity contribution in [1.29, 1.82) is 0 Å². The van der Waals surface area contributed by atoms with Crippen molar-refractivity contribution in [3.8, 4) is 5.75 Å². The number of hydrogen-bond acceptors (Lipinski definition) is 5. The summed E-state index contributed by atoms with van der Waals surface area (Å²) in [6.45, 7) is 5.37. The molecular formula is C17H21FN4O2. The van der Waals surface area contributed by atoms with E-state index in [-0.39, 0.29) is 30.1 Å². The molecule has 3 N–H and O–H groups in total. The van der Waals surface area contributed by atoms with Gasteiger partial charge < -0.3 is 15.8 Å². The normalized spacial score (nSPS) is 11.9. The molecule has 0 bridgehead atoms. The fourth-order valence-electron chi connectivity index (χ4n) is 2.51. The number of methoxy groups -OCH3 is 1. The maximum atomic E-state index is 13.8. The first kappa shape index (κ1) is 17.7. The number of carbonyl (C=O) groups is 1. The van der Waals surface area contributed by atoms with Crippen LogP contribution in [0.4, 0.5) is 10.3 Å². The zero-order chi connectivity index (χ0) is 17.9. The number of nitrogens with two attached hydrogens (primary N) is 1. The van der Waals surface area contributed by atoms with Gasteiger partial charge in [-0.15, -0.1) is 0 Å². The van der Waals surface area contributed by atoms with E-state index >= 15 is 0 Å². The second-order valence-electron chi connectivity index (χ2n) is 5.59. The minimum absolute atomic E-state index is 0.140. The average Bonchev–Trinajstić information content (AvgIpc) is 2.50. The van der Waals surface area contributed by atoms with E-state index in [1.165, 1.54) is 19.2 Å². The second-order valence-corrected chi connectivity index (χ2v) is 5.59. The Kier molecular flexibility index (Phi) is 5.33. The van der Waals surface area contributed by atoms with E-state index in [2.05, 4.69) is 15.3 Å². The molecule has 2 aromatic rings. The van der Waals surface area contributed by atoms with Gasteiger partial charge in [0.1, 0.15) is 0 Å². The van der Waals surface area contributed by atoms with Crippen LogP contribution in [0.5, 0.6) is 5.75 Å². The smallest absolute Gasteiger partial charge is 0.225 e. The number of benzene rings is 1. The van der Waals surface area contributed by atoms with Crippen LogP contribution in [0.25, 0.3) is 0 Å². The summed E-state index contributed by atoms with van der Waals surface area (Å²) in [5.74, 6) is -0.299. The highest BCUT2D eigenvalue weighted by atomic mass is 19.1. The van der Waals surface area contributed by atoms with Gasteiger partial charge in [-0.3, -0.25) is 4.79 Å². The standard InChI is InChI=1S/C17H21FN4O2/c1-9(12-5-6-15(24-4)14(18)7-12)20-16(23)8-13-10(2)21-17(19)22-11(13)3/h5-7,9H,8H2,1-4H3,(H,20,23)(H2,19,21,22)/t9-/m0/s1. The largest absolute Gasteiger partial charge is 0.494 e. The van der Waals surface area contributed by atoms with Crippen LogP contribution in [0.2, 0.25) is 0 Å². The lowest BCUT2D eigenvalue weighted by molar-refractivity contribution is -0.121. The van der Waals surface area contributed by atoms with Crippen LogP contribution >= 0.6 is 0 Å². The molecule has 0 saturated carbocycles. The number of rotatable bonds is 5. The van der Waals surface area contributed by atoms with Crippen LogP contribution in [-0.4, -0.2) is 23.0 Å². The molecule has 1 heterocycles. The van der Waals surface area contributed by atoms with E-state index in [1.54, 1.807) is 26.8 Å². The van der Waals surface area contributed by atoms with Crippen LogP contribution in [0.3, 0.4) is 0 Å². The number of halogens is 1. The molecule has 0 aliphatic carbocycles. The Morgan fingerprint density at radius 3 is 2.50 bits per heavy atom. The molecule has 0 fully saturated rings. The SMILES string of the molecule is COc1ccc([C@H](C)NC(=O)Cc2c(C)nc(N)nc2C)cc1F. The highest BCUT2D eigenvalue weighted by Crippen LogP contribution is 2.22. The van der Waals surface area contributed by atoms with Gasteiger partial charge in [0.2, 0.25) is 11.9 Å². The first-order valence-corrected chi connectivity index (χ1v) is 7.54. The lowest BCUT2D eigenvalue weighted by atomic mass is 10.1. The minimum atomic E-state index is -0.463. The Bertz CT molecular complexity index is 741. The van der Waals surface area contributed by atoms with Gasteiger partial charge in [0.15, 0.2) is 11.6 Å². The average molecular weight is 332 g/mol. The van der Waals surface area contributed by atoms with Gasteiger partial charge in [-0.25, -0.2) is 14.4 Å². The maximum Gasteiger partial charge on any atom is 0.225 e. The monoisotopic (exact) mass is 332 g/mol. The van der Waals surface area contributed by atoms with Crippen molar-refractivity contribution in [2.24, 2.45) is 0 Å². The van der Waals surface area contributed by atoms with Crippen LogP contribution in [0.15, 0.2) is 18.2 Å². The van der Waals surface area contributed by atoms with Gasteiger partial charge in [0, 0.05) is 17.0 Å². The van der Waals surface area contributed by atoms with E-state index in [1.807, 2.05) is 0 Å². The zero-order valence-electron chi connectivity index (χ0n) is 14.2. The van der Waals surface area contributed by atoms with Crippen molar-refractivity contribution in [2.45, 2.75) is 33.2 Å². The van der Waals surface area contributed by atoms with Gasteiger partial charge >= 0.3 is 0 Å². The summed E-state index contributed by atoms with van der Waals surface area (Å²) in [6.07, 6.45) is 0.140. The fraction of sp³-hybridized carbons (Fsp3) is 0.353. The highest BCUT2D eigenvalue weighted by Gasteiger charge is 2.15. The van der Waals surface area contributed by atoms with Crippen LogP contribution < -0.4 is 15.8 Å². The predicted molar refractivity (Wildman–Crippen MR) is 89.1 cm³/mol. The number of nitrogen functional groups attached to an aromatic ring is 1. The van der Waals surface area contributed by atoms with Crippen molar-refractivity contribution in [2.75, 3.05) is 12.8 Å². The van der Waals surface area contributed by atoms with Gasteiger partial charge in [0.05, 0.1) is 19.6 Å². The molecule has 0 saturated heterocycles. The number of hydrogen-bond donors (Lipinski definition) is 2. The number of amides is 1. The molecule has 1 amide bonds. The summed E-state index contributed by atoms with van der Waals surface area (Å²) in [5, 5.41) is 2.85. The van der Waals surface area contributed by atoms with Gasteiger partial charge in [-0.05, 0) is 38.5 Å². The fourth-order valence-corrected chi connectivity index (χ4v) is 2.51. The molecule has 128 valence electrons. The lowest BCUT2D eigenvalue weighted by Gasteiger charge is -2.16. The van der Waals surface area contributed by atoms with Crippen molar-refractivity contribution < 1.29 is 13.9 Å². The summed E-state index contributed by atoms with van der Waals surface area (Å²) in [5.41, 5.74) is 8.34. The first-order chi connectivity index (χ1) is 11.3. The van der Waals surface area contributed by atoms with Crippen molar-refractivity contribution >= 4 is 11.9 Å². The summed E-state index contributed by atoms with van der Waals surface area (Å²) in [6, 6.07) is 4.27. The third kappa shape index (κ3) is 3.98. The Hall–Kier alpha value is -2.70. The third-order valence-electron chi connectivity index (χ3n) is 3.83. The zero-order valence-corrected chi connectivity index (χ0v) is 14.2. The van der Waals surface area contributed by atoms with Gasteiger partial charge in [-0.2, -0.15) is 0 Å². The molecule has 0 spiro atoms. The molecule has 1 aromatic carbocycles. The lowest BCUT2D eigenvalue weighted by Crippen LogP contribution is -2.29. The van der Waals surface area contributed by atoms with E-state index in [9.17, 15) is 9.18 Å². The van der Waals surface area contributed by atoms with Gasteiger partial charge in [0.25, 0.3) is 0 Å². The van der Waals surface area contributed by atoms with Crippen LogP contribution in [0, 0.1) is 19.7 Å². The molecule has 1 aromatic heterocycles. The number of aryl methyl sites for hydroxylation is 2. The Morgan fingerprint density at radius 1 is 1.33 bits per heavy atom. The number of aromatic nitrogens is 2. The maximum absolute atomic E-state index is 13.8. The van der Waals surface area contributed by atoms with Crippen molar-refractivity contribution in [3.05, 3.63) is 46.5 Å². The van der Waals surface area contributed by atoms with Crippen molar-refractivity contribution in [3.63, 3.8) is 0 Å². The number of nitrogens with zero attached hydrogens (tertiary/aromatic N) is 2. The molecule has 0 aliphatic rings. The summed E-state index contributed by atoms with van der Waals surface area (Å²) in [4.78, 5) is 20.4. The number of nitrogens with one attached hydrogen (secondary N) is 1. The number of ether oxygens (including phenoxy) is 1. The van der Waals surface area contributed by atoms with Crippen molar-refractivity contribution in [1.82, 2.24) is 15.3 Å². The molecule has 0 radical (unpaired) electrons. The topological polar surface area (TPSA) is 90.1 Å². The molecule has 0 aliphatic heterocycles. The summed E-state index contributed by atoms with van der Waals surface area (Å²) >= 11 is 0. The summed E-state index contributed by atoms with van der Waals surface area (Å²) < 4.78 is 18.7. The van der Waals surface area contributed by atoms with Gasteiger partial charge in [-0.1, -0.05) is 6.07 Å². The van der Waals surface area contributed by atoms with E-state index in [0.717, 1.165) is 5.56 Å². The third-order valence-corrected chi connectivity index (χ3v) is 3.83. The quantitative estimate of drug-likeness (QED) is 0.876. The number of anilines is 1. The Morgan fingerprint density at radius 2 is 1.96 bits per heavy atom. The molecule has 24 heavy (non-hydrogen) atoms. The highest BCUT2D eigenvalue weighted by molar-refractivity contribution is 5.79. The summed E-state index contributed by atoms with van der Waals surface area (Å²) in [7, 11) is 1.41. The van der Waals surface area contributed by atoms with E-state index < -0.39 is 5.82 Å². The Balaban J connectivity index is 2.08. The molecular weight excluding hydrogens is 311 g/mol. The molecule has 1 atom stereocenters. The number of carbonyl (C=O) groups excluding carboxylic acids is 1. The molecule has 6 nitrogen and oxygen atoms in total. The molecule has 0 unspecified atom stereocenters. The predicted octanol–water partition coefficient (Wildman–Crippen LogP) is 2.24. The van der Waals surface area contributed by atoms with Crippen LogP contribution in [-0.2, 0) is 11.2 Å². The van der Waals surface area contributed by atoms with E-state index in [4.69, 9.17) is 10.5 Å². The molecule has 7 heteroatoms. The van der Waals surface area contributed by atoms with Crippen LogP contribution in [0.1, 0.15) is 35.5 Å². The first-order valence-electron chi connectivity index (χ1n) is 7.54. The van der Waals surface area contributed by atoms with E-state index in [0.29, 0.717) is 17.0 Å². The minimum Gasteiger partial charge on any atom is -0.494 e. The molecule has 2 rings (SSSR count).